The molecule has 78 valence electrons. The molecule has 1 rings (SSSR count). The van der Waals surface area contributed by atoms with Gasteiger partial charge < -0.3 is 10.8 Å². The van der Waals surface area contributed by atoms with Crippen LogP contribution in [-0.4, -0.2) is 5.11 Å². The predicted molar refractivity (Wildman–Crippen MR) is 62.7 cm³/mol. The zero-order valence-electron chi connectivity index (χ0n) is 7.93. The van der Waals surface area contributed by atoms with Gasteiger partial charge in [-0.2, -0.15) is 0 Å². The summed E-state index contributed by atoms with van der Waals surface area (Å²) in [6.07, 6.45) is 1.80. The third kappa shape index (κ3) is 2.41. The van der Waals surface area contributed by atoms with Crippen LogP contribution in [0.5, 0.6) is 5.75 Å². The fraction of sp³-hybridized carbons (Fsp3) is 0.400. The average Bonchev–Trinajstić information content (AvgIpc) is 2.13. The van der Waals surface area contributed by atoms with Crippen LogP contribution in [0.2, 0.25) is 5.02 Å². The summed E-state index contributed by atoms with van der Waals surface area (Å²) >= 11 is 9.16. The molecule has 3 N–H and O–H groups in total. The van der Waals surface area contributed by atoms with Crippen LogP contribution in [0, 0.1) is 0 Å². The van der Waals surface area contributed by atoms with E-state index in [9.17, 15) is 5.11 Å². The highest BCUT2D eigenvalue weighted by atomic mass is 79.9. The summed E-state index contributed by atoms with van der Waals surface area (Å²) in [4.78, 5) is 0. The van der Waals surface area contributed by atoms with Crippen molar-refractivity contribution in [3.8, 4) is 5.75 Å². The van der Waals surface area contributed by atoms with Crippen LogP contribution in [-0.2, 0) is 0 Å². The maximum absolute atomic E-state index is 9.73. The van der Waals surface area contributed by atoms with Gasteiger partial charge in [0, 0.05) is 16.1 Å². The molecule has 0 radical (unpaired) electrons. The second-order valence-corrected chi connectivity index (χ2v) is 4.45. The zero-order valence-corrected chi connectivity index (χ0v) is 10.3. The number of hydrogen-bond donors (Lipinski definition) is 2. The van der Waals surface area contributed by atoms with E-state index in [2.05, 4.69) is 22.9 Å². The molecule has 0 aromatic heterocycles. The first kappa shape index (κ1) is 11.8. The molecule has 0 aliphatic carbocycles. The van der Waals surface area contributed by atoms with E-state index in [0.717, 1.165) is 17.3 Å². The Kier molecular flexibility index (Phi) is 4.23. The van der Waals surface area contributed by atoms with Crippen LogP contribution < -0.4 is 5.73 Å². The fourth-order valence-corrected chi connectivity index (χ4v) is 2.14. The highest BCUT2D eigenvalue weighted by molar-refractivity contribution is 9.10. The Hall–Kier alpha value is -0.250. The number of rotatable bonds is 3. The lowest BCUT2D eigenvalue weighted by atomic mass is 10.0. The molecule has 0 aliphatic heterocycles. The highest BCUT2D eigenvalue weighted by Gasteiger charge is 2.16. The largest absolute Gasteiger partial charge is 0.506 e. The van der Waals surface area contributed by atoms with Gasteiger partial charge in [0.25, 0.3) is 0 Å². The van der Waals surface area contributed by atoms with Crippen molar-refractivity contribution in [1.29, 1.82) is 0 Å². The molecule has 0 heterocycles. The molecular formula is C10H13BrClNO. The minimum absolute atomic E-state index is 0.0852. The minimum Gasteiger partial charge on any atom is -0.506 e. The number of hydrogen-bond acceptors (Lipinski definition) is 2. The summed E-state index contributed by atoms with van der Waals surface area (Å²) < 4.78 is 0.806. The van der Waals surface area contributed by atoms with Gasteiger partial charge in [-0.15, -0.1) is 0 Å². The Morgan fingerprint density at radius 1 is 1.57 bits per heavy atom. The molecule has 1 atom stereocenters. The molecule has 14 heavy (non-hydrogen) atoms. The Morgan fingerprint density at radius 3 is 2.79 bits per heavy atom. The van der Waals surface area contributed by atoms with Gasteiger partial charge in [-0.3, -0.25) is 0 Å². The molecule has 0 saturated heterocycles. The van der Waals surface area contributed by atoms with E-state index in [-0.39, 0.29) is 11.8 Å². The molecule has 4 heteroatoms. The molecule has 0 bridgehead atoms. The first-order valence-corrected chi connectivity index (χ1v) is 5.67. The topological polar surface area (TPSA) is 46.2 Å². The lowest BCUT2D eigenvalue weighted by molar-refractivity contribution is 0.457. The summed E-state index contributed by atoms with van der Waals surface area (Å²) in [6.45, 7) is 2.05. The third-order valence-corrected chi connectivity index (χ3v) is 3.08. The van der Waals surface area contributed by atoms with E-state index in [0.29, 0.717) is 10.6 Å². The first-order chi connectivity index (χ1) is 6.57. The Morgan fingerprint density at radius 2 is 2.21 bits per heavy atom. The molecule has 1 aromatic rings. The monoisotopic (exact) mass is 277 g/mol. The minimum atomic E-state index is -0.173. The summed E-state index contributed by atoms with van der Waals surface area (Å²) in [5.41, 5.74) is 6.62. The lowest BCUT2D eigenvalue weighted by Gasteiger charge is -2.15. The van der Waals surface area contributed by atoms with Gasteiger partial charge in [-0.1, -0.05) is 40.9 Å². The Labute approximate surface area is 97.2 Å². The molecule has 2 nitrogen and oxygen atoms in total. The summed E-state index contributed by atoms with van der Waals surface area (Å²) in [5, 5.41) is 10.1. The number of phenolic OH excluding ortho intramolecular Hbond substituents is 1. The van der Waals surface area contributed by atoms with Gasteiger partial charge in [0.2, 0.25) is 0 Å². The van der Waals surface area contributed by atoms with Gasteiger partial charge >= 0.3 is 0 Å². The summed E-state index contributed by atoms with van der Waals surface area (Å²) in [6, 6.07) is 3.27. The number of aromatic hydroxyl groups is 1. The van der Waals surface area contributed by atoms with Crippen LogP contribution in [0.4, 0.5) is 0 Å². The van der Waals surface area contributed by atoms with Crippen molar-refractivity contribution in [1.82, 2.24) is 0 Å². The van der Waals surface area contributed by atoms with Crippen molar-refractivity contribution in [3.05, 3.63) is 27.2 Å². The van der Waals surface area contributed by atoms with Crippen molar-refractivity contribution in [3.63, 3.8) is 0 Å². The van der Waals surface area contributed by atoms with Crippen molar-refractivity contribution in [2.24, 2.45) is 5.73 Å². The van der Waals surface area contributed by atoms with Crippen molar-refractivity contribution in [2.45, 2.75) is 25.8 Å². The zero-order chi connectivity index (χ0) is 10.7. The van der Waals surface area contributed by atoms with Gasteiger partial charge in [-0.05, 0) is 18.6 Å². The van der Waals surface area contributed by atoms with Crippen LogP contribution in [0.1, 0.15) is 31.4 Å². The molecule has 0 saturated carbocycles. The van der Waals surface area contributed by atoms with Crippen molar-refractivity contribution in [2.75, 3.05) is 0 Å². The number of halogens is 2. The van der Waals surface area contributed by atoms with Crippen LogP contribution in [0.15, 0.2) is 16.6 Å². The average molecular weight is 279 g/mol. The molecule has 0 aliphatic rings. The standard InChI is InChI=1S/C10H13BrClNO/c1-2-3-8(13)9-6(11)4-5-7(12)10(9)14/h4-5,8,14H,2-3,13H2,1H3. The summed E-state index contributed by atoms with van der Waals surface area (Å²) in [7, 11) is 0. The van der Waals surface area contributed by atoms with E-state index < -0.39 is 0 Å². The van der Waals surface area contributed by atoms with Crippen LogP contribution >= 0.6 is 27.5 Å². The van der Waals surface area contributed by atoms with Gasteiger partial charge in [0.1, 0.15) is 5.75 Å². The van der Waals surface area contributed by atoms with Gasteiger partial charge in [0.05, 0.1) is 5.02 Å². The van der Waals surface area contributed by atoms with Gasteiger partial charge in [0.15, 0.2) is 0 Å². The number of nitrogens with two attached hydrogens (primary N) is 1. The molecule has 1 aromatic carbocycles. The molecule has 0 spiro atoms. The number of phenols is 1. The maximum atomic E-state index is 9.73. The molecule has 0 amide bonds. The highest BCUT2D eigenvalue weighted by Crippen LogP contribution is 2.37. The first-order valence-electron chi connectivity index (χ1n) is 4.50. The molecular weight excluding hydrogens is 265 g/mol. The van der Waals surface area contributed by atoms with Crippen molar-refractivity contribution >= 4 is 27.5 Å². The van der Waals surface area contributed by atoms with Gasteiger partial charge in [-0.25, -0.2) is 0 Å². The second kappa shape index (κ2) is 5.01. The fourth-order valence-electron chi connectivity index (χ4n) is 1.36. The molecule has 1 unspecified atom stereocenters. The smallest absolute Gasteiger partial charge is 0.140 e. The quantitative estimate of drug-likeness (QED) is 0.887. The third-order valence-electron chi connectivity index (χ3n) is 2.09. The van der Waals surface area contributed by atoms with E-state index in [1.165, 1.54) is 0 Å². The van der Waals surface area contributed by atoms with Crippen LogP contribution in [0.25, 0.3) is 0 Å². The Balaban J connectivity index is 3.11. The van der Waals surface area contributed by atoms with Crippen LogP contribution in [0.3, 0.4) is 0 Å². The lowest BCUT2D eigenvalue weighted by Crippen LogP contribution is -2.10. The maximum Gasteiger partial charge on any atom is 0.140 e. The normalized spacial score (nSPS) is 12.9. The summed E-state index contributed by atoms with van der Waals surface area (Å²) in [5.74, 6) is 0.0852. The van der Waals surface area contributed by atoms with E-state index >= 15 is 0 Å². The Bertz CT molecular complexity index is 330. The second-order valence-electron chi connectivity index (χ2n) is 3.19. The number of benzene rings is 1. The van der Waals surface area contributed by atoms with E-state index in [1.807, 2.05) is 0 Å². The van der Waals surface area contributed by atoms with E-state index in [1.54, 1.807) is 12.1 Å². The molecule has 0 fully saturated rings. The predicted octanol–water partition coefficient (Wildman–Crippen LogP) is 3.61. The van der Waals surface area contributed by atoms with E-state index in [4.69, 9.17) is 17.3 Å². The van der Waals surface area contributed by atoms with Crippen molar-refractivity contribution < 1.29 is 5.11 Å². The SMILES string of the molecule is CCCC(N)c1c(Br)ccc(Cl)c1O.